The molecule has 79 valence electrons. The van der Waals surface area contributed by atoms with E-state index < -0.39 is 0 Å². The van der Waals surface area contributed by atoms with E-state index in [2.05, 4.69) is 25.2 Å². The Bertz CT molecular complexity index is 213. The molecule has 1 radical (unpaired) electrons. The summed E-state index contributed by atoms with van der Waals surface area (Å²) >= 11 is 0. The second-order valence-electron chi connectivity index (χ2n) is 4.07. The van der Waals surface area contributed by atoms with Crippen molar-refractivity contribution < 1.29 is 0 Å². The van der Waals surface area contributed by atoms with Gasteiger partial charge in [0.1, 0.15) is 0 Å². The number of hydrogen-bond donors (Lipinski definition) is 0. The van der Waals surface area contributed by atoms with Crippen LogP contribution in [0.5, 0.6) is 0 Å². The molecule has 1 heterocycles. The maximum absolute atomic E-state index is 4.24. The van der Waals surface area contributed by atoms with Gasteiger partial charge >= 0.3 is 0 Å². The number of nitrogens with zero attached hydrogens (tertiary/aromatic N) is 1. The van der Waals surface area contributed by atoms with E-state index in [0.29, 0.717) is 0 Å². The highest BCUT2D eigenvalue weighted by Crippen LogP contribution is 2.18. The van der Waals surface area contributed by atoms with Crippen LogP contribution in [0, 0.1) is 0 Å². The smallest absolute Gasteiger partial charge is 0.0405 e. The molecule has 0 fully saturated rings. The van der Waals surface area contributed by atoms with Gasteiger partial charge in [-0.2, -0.15) is 0 Å². The molecule has 0 aromatic heterocycles. The Morgan fingerprint density at radius 2 is 1.79 bits per heavy atom. The largest absolute Gasteiger partial charge is 0.261 e. The van der Waals surface area contributed by atoms with Crippen molar-refractivity contribution in [2.24, 2.45) is 0 Å². The summed E-state index contributed by atoms with van der Waals surface area (Å²) in [5.74, 6) is 0. The third-order valence-corrected chi connectivity index (χ3v) is 2.81. The van der Waals surface area contributed by atoms with Gasteiger partial charge in [0, 0.05) is 11.9 Å². The van der Waals surface area contributed by atoms with Crippen LogP contribution in [-0.4, -0.2) is 0 Å². The molecular weight excluding hydrogens is 170 g/mol. The third-order valence-electron chi connectivity index (χ3n) is 2.81. The molecule has 0 unspecified atom stereocenters. The molecule has 0 aromatic rings. The standard InChI is InChI=1S/C13H22N/c1-3-4-5-6-7-8-9-13-10-11-14-12(13)2/h10-11H,3-9H2,1-2H3. The van der Waals surface area contributed by atoms with Crippen LogP contribution in [0.15, 0.2) is 23.5 Å². The van der Waals surface area contributed by atoms with Crippen molar-refractivity contribution in [2.45, 2.75) is 58.8 Å². The Labute approximate surface area is 88.3 Å². The molecule has 0 amide bonds. The molecule has 1 heteroatoms. The topological polar surface area (TPSA) is 14.1 Å². The maximum Gasteiger partial charge on any atom is 0.0405 e. The molecule has 0 atom stereocenters. The first-order chi connectivity index (χ1) is 6.84. The lowest BCUT2D eigenvalue weighted by atomic mass is 10.0. The van der Waals surface area contributed by atoms with Crippen LogP contribution in [0.4, 0.5) is 0 Å². The van der Waals surface area contributed by atoms with Gasteiger partial charge in [-0.25, -0.2) is 0 Å². The van der Waals surface area contributed by atoms with Crippen LogP contribution in [0.1, 0.15) is 58.8 Å². The summed E-state index contributed by atoms with van der Waals surface area (Å²) in [6.45, 7) is 4.37. The fraction of sp³-hybridized carbons (Fsp3) is 0.692. The lowest BCUT2D eigenvalue weighted by Crippen LogP contribution is -1.89. The highest BCUT2D eigenvalue weighted by atomic mass is 14.9. The highest BCUT2D eigenvalue weighted by Gasteiger charge is 2.04. The Kier molecular flexibility index (Phi) is 5.43. The van der Waals surface area contributed by atoms with E-state index in [4.69, 9.17) is 0 Å². The molecule has 1 aliphatic rings. The monoisotopic (exact) mass is 192 g/mol. The summed E-state index contributed by atoms with van der Waals surface area (Å²) in [5, 5.41) is 4.24. The minimum Gasteiger partial charge on any atom is -0.261 e. The molecule has 0 saturated heterocycles. The van der Waals surface area contributed by atoms with E-state index in [1.54, 1.807) is 0 Å². The molecule has 0 saturated carbocycles. The first kappa shape index (κ1) is 11.4. The second-order valence-corrected chi connectivity index (χ2v) is 4.07. The van der Waals surface area contributed by atoms with Gasteiger partial charge in [-0.15, -0.1) is 0 Å². The molecule has 1 rings (SSSR count). The van der Waals surface area contributed by atoms with Crippen molar-refractivity contribution in [3.8, 4) is 0 Å². The van der Waals surface area contributed by atoms with Gasteiger partial charge in [-0.1, -0.05) is 39.0 Å². The predicted octanol–water partition coefficient (Wildman–Crippen LogP) is 4.14. The van der Waals surface area contributed by atoms with Crippen molar-refractivity contribution in [3.05, 3.63) is 23.5 Å². The predicted molar refractivity (Wildman–Crippen MR) is 62.0 cm³/mol. The number of hydrogen-bond acceptors (Lipinski definition) is 0. The van der Waals surface area contributed by atoms with E-state index in [1.165, 1.54) is 56.2 Å². The van der Waals surface area contributed by atoms with Crippen molar-refractivity contribution in [3.63, 3.8) is 0 Å². The van der Waals surface area contributed by atoms with E-state index in [1.807, 2.05) is 6.20 Å². The van der Waals surface area contributed by atoms with Gasteiger partial charge in [-0.3, -0.25) is 5.32 Å². The Hall–Kier alpha value is -0.720. The summed E-state index contributed by atoms with van der Waals surface area (Å²) in [7, 11) is 0. The van der Waals surface area contributed by atoms with Crippen molar-refractivity contribution in [2.75, 3.05) is 0 Å². The quantitative estimate of drug-likeness (QED) is 0.538. The number of allylic oxidation sites excluding steroid dienone is 3. The third kappa shape index (κ3) is 3.99. The maximum atomic E-state index is 4.24. The minimum absolute atomic E-state index is 1.22. The summed E-state index contributed by atoms with van der Waals surface area (Å²) in [6, 6.07) is 0. The zero-order valence-corrected chi connectivity index (χ0v) is 9.55. The fourth-order valence-electron chi connectivity index (χ4n) is 1.80. The van der Waals surface area contributed by atoms with Crippen LogP contribution < -0.4 is 5.32 Å². The summed E-state index contributed by atoms with van der Waals surface area (Å²) in [4.78, 5) is 0. The Morgan fingerprint density at radius 3 is 2.43 bits per heavy atom. The van der Waals surface area contributed by atoms with Crippen LogP contribution >= 0.6 is 0 Å². The van der Waals surface area contributed by atoms with E-state index in [0.717, 1.165) is 0 Å². The molecule has 0 aromatic carbocycles. The summed E-state index contributed by atoms with van der Waals surface area (Å²) in [5.41, 5.74) is 2.67. The Morgan fingerprint density at radius 1 is 1.07 bits per heavy atom. The average Bonchev–Trinajstić information content (AvgIpc) is 2.58. The first-order valence-corrected chi connectivity index (χ1v) is 5.91. The van der Waals surface area contributed by atoms with Crippen molar-refractivity contribution >= 4 is 0 Å². The van der Waals surface area contributed by atoms with Gasteiger partial charge in [0.15, 0.2) is 0 Å². The van der Waals surface area contributed by atoms with E-state index in [-0.39, 0.29) is 0 Å². The molecule has 1 aliphatic heterocycles. The van der Waals surface area contributed by atoms with Gasteiger partial charge in [-0.05, 0) is 31.4 Å². The molecular formula is C13H22N. The van der Waals surface area contributed by atoms with Crippen LogP contribution in [0.25, 0.3) is 0 Å². The van der Waals surface area contributed by atoms with Gasteiger partial charge in [0.05, 0.1) is 0 Å². The van der Waals surface area contributed by atoms with Gasteiger partial charge < -0.3 is 0 Å². The van der Waals surface area contributed by atoms with Crippen molar-refractivity contribution in [1.82, 2.24) is 5.32 Å². The molecule has 1 nitrogen and oxygen atoms in total. The Balaban J connectivity index is 1.99. The molecule has 0 bridgehead atoms. The summed E-state index contributed by atoms with van der Waals surface area (Å²) < 4.78 is 0. The van der Waals surface area contributed by atoms with Gasteiger partial charge in [0.2, 0.25) is 0 Å². The van der Waals surface area contributed by atoms with Crippen LogP contribution in [0.2, 0.25) is 0 Å². The number of unbranched alkanes of at least 4 members (excludes halogenated alkanes) is 5. The normalized spacial score (nSPS) is 15.0. The highest BCUT2D eigenvalue weighted by molar-refractivity contribution is 5.29. The average molecular weight is 192 g/mol. The van der Waals surface area contributed by atoms with E-state index in [9.17, 15) is 0 Å². The molecule has 0 N–H and O–H groups in total. The fourth-order valence-corrected chi connectivity index (χ4v) is 1.80. The molecule has 0 aliphatic carbocycles. The zero-order chi connectivity index (χ0) is 10.2. The van der Waals surface area contributed by atoms with Gasteiger partial charge in [0.25, 0.3) is 0 Å². The summed E-state index contributed by atoms with van der Waals surface area (Å²) in [6.07, 6.45) is 13.6. The van der Waals surface area contributed by atoms with Crippen LogP contribution in [0.3, 0.4) is 0 Å². The lowest BCUT2D eigenvalue weighted by molar-refractivity contribution is 0.607. The SMILES string of the molecule is CCCCCCCCC1=C(C)[N]C=C1. The zero-order valence-electron chi connectivity index (χ0n) is 9.55. The lowest BCUT2D eigenvalue weighted by Gasteiger charge is -2.02. The molecule has 14 heavy (non-hydrogen) atoms. The molecule has 0 spiro atoms. The second kappa shape index (κ2) is 6.69. The first-order valence-electron chi connectivity index (χ1n) is 5.91. The van der Waals surface area contributed by atoms with Crippen molar-refractivity contribution in [1.29, 1.82) is 0 Å². The number of rotatable bonds is 7. The van der Waals surface area contributed by atoms with E-state index >= 15 is 0 Å². The van der Waals surface area contributed by atoms with Crippen LogP contribution in [-0.2, 0) is 0 Å². The minimum atomic E-state index is 1.22.